The number of furan rings is 1. The Kier molecular flexibility index (Phi) is 4.29. The van der Waals surface area contributed by atoms with Gasteiger partial charge in [0.1, 0.15) is 5.75 Å². The first-order valence-corrected chi connectivity index (χ1v) is 7.04. The van der Waals surface area contributed by atoms with Crippen LogP contribution in [0.2, 0.25) is 0 Å². The van der Waals surface area contributed by atoms with Gasteiger partial charge in [0.05, 0.1) is 12.0 Å². The molecule has 0 fully saturated rings. The van der Waals surface area contributed by atoms with Crippen LogP contribution >= 0.6 is 0 Å². The van der Waals surface area contributed by atoms with Gasteiger partial charge in [-0.2, -0.15) is 0 Å². The predicted molar refractivity (Wildman–Crippen MR) is 61.1 cm³/mol. The molecule has 0 aliphatic rings. The van der Waals surface area contributed by atoms with Gasteiger partial charge < -0.3 is 4.42 Å². The summed E-state index contributed by atoms with van der Waals surface area (Å²) < 4.78 is 28.1. The Morgan fingerprint density at radius 1 is 1.50 bits per heavy atom. The molecule has 0 aromatic carbocycles. The van der Waals surface area contributed by atoms with Crippen LogP contribution in [0.25, 0.3) is 0 Å². The maximum atomic E-state index is 11.6. The van der Waals surface area contributed by atoms with Crippen molar-refractivity contribution in [2.75, 3.05) is 11.5 Å². The van der Waals surface area contributed by atoms with E-state index in [1.807, 2.05) is 13.8 Å². The van der Waals surface area contributed by atoms with Gasteiger partial charge in [-0.1, -0.05) is 20.3 Å². The first-order chi connectivity index (χ1) is 7.44. The Morgan fingerprint density at radius 3 is 2.69 bits per heavy atom. The molecule has 1 atom stereocenters. The Balaban J connectivity index is 2.63. The molecule has 0 amide bonds. The van der Waals surface area contributed by atoms with Crippen molar-refractivity contribution in [3.63, 3.8) is 0 Å². The fraction of sp³-hybridized carbons (Fsp3) is 0.545. The van der Waals surface area contributed by atoms with Gasteiger partial charge in [-0.15, -0.1) is 0 Å². The lowest BCUT2D eigenvalue weighted by Crippen LogP contribution is -2.22. The second-order valence-electron chi connectivity index (χ2n) is 3.97. The van der Waals surface area contributed by atoms with Crippen LogP contribution in [0, 0.1) is 5.92 Å². The summed E-state index contributed by atoms with van der Waals surface area (Å²) in [7, 11) is -3.33. The Hall–Kier alpha value is -1.10. The molecular formula is C11H16O4S. The topological polar surface area (TPSA) is 64.3 Å². The highest BCUT2D eigenvalue weighted by atomic mass is 32.2. The molecule has 1 aromatic rings. The zero-order valence-electron chi connectivity index (χ0n) is 9.47. The van der Waals surface area contributed by atoms with Crippen LogP contribution in [0.4, 0.5) is 0 Å². The third kappa shape index (κ3) is 3.81. The first-order valence-electron chi connectivity index (χ1n) is 5.21. The van der Waals surface area contributed by atoms with Gasteiger partial charge in [0.15, 0.2) is 15.6 Å². The van der Waals surface area contributed by atoms with Crippen molar-refractivity contribution in [1.29, 1.82) is 0 Å². The first kappa shape index (κ1) is 13.0. The molecule has 4 nitrogen and oxygen atoms in total. The quantitative estimate of drug-likeness (QED) is 0.717. The van der Waals surface area contributed by atoms with E-state index in [1.54, 1.807) is 6.07 Å². The van der Waals surface area contributed by atoms with Gasteiger partial charge in [0, 0.05) is 0 Å². The summed E-state index contributed by atoms with van der Waals surface area (Å²) in [4.78, 5) is 11.5. The summed E-state index contributed by atoms with van der Waals surface area (Å²) in [5, 5.41) is 0. The molecule has 1 heterocycles. The highest BCUT2D eigenvalue weighted by Crippen LogP contribution is 2.09. The predicted octanol–water partition coefficient (Wildman–Crippen LogP) is 1.92. The molecule has 0 radical (unpaired) electrons. The van der Waals surface area contributed by atoms with E-state index in [4.69, 9.17) is 4.42 Å². The molecule has 0 saturated heterocycles. The van der Waals surface area contributed by atoms with Crippen LogP contribution in [-0.2, 0) is 9.84 Å². The third-order valence-corrected chi connectivity index (χ3v) is 4.16. The van der Waals surface area contributed by atoms with Crippen molar-refractivity contribution in [1.82, 2.24) is 0 Å². The minimum absolute atomic E-state index is 0.0515. The molecule has 0 aliphatic carbocycles. The summed E-state index contributed by atoms with van der Waals surface area (Å²) >= 11 is 0. The van der Waals surface area contributed by atoms with Crippen LogP contribution in [-0.4, -0.2) is 25.7 Å². The molecule has 16 heavy (non-hydrogen) atoms. The van der Waals surface area contributed by atoms with E-state index in [-0.39, 0.29) is 17.4 Å². The summed E-state index contributed by atoms with van der Waals surface area (Å²) in [5.74, 6) is -0.712. The van der Waals surface area contributed by atoms with Crippen LogP contribution in [0.1, 0.15) is 30.8 Å². The van der Waals surface area contributed by atoms with Crippen molar-refractivity contribution >= 4 is 15.6 Å². The van der Waals surface area contributed by atoms with Crippen molar-refractivity contribution in [3.8, 4) is 0 Å². The number of carbonyl (C=O) groups excluding carboxylic acids is 1. The van der Waals surface area contributed by atoms with E-state index in [0.717, 1.165) is 6.42 Å². The van der Waals surface area contributed by atoms with Crippen molar-refractivity contribution < 1.29 is 17.6 Å². The lowest BCUT2D eigenvalue weighted by atomic mass is 10.2. The van der Waals surface area contributed by atoms with E-state index in [1.165, 1.54) is 12.3 Å². The average molecular weight is 244 g/mol. The maximum absolute atomic E-state index is 11.6. The van der Waals surface area contributed by atoms with Gasteiger partial charge in [-0.05, 0) is 18.1 Å². The zero-order chi connectivity index (χ0) is 12.2. The van der Waals surface area contributed by atoms with E-state index in [0.29, 0.717) is 0 Å². The lowest BCUT2D eigenvalue weighted by molar-refractivity contribution is 0.0990. The number of ketones is 1. The monoisotopic (exact) mass is 244 g/mol. The van der Waals surface area contributed by atoms with Crippen LogP contribution in [0.15, 0.2) is 22.8 Å². The average Bonchev–Trinajstić information content (AvgIpc) is 2.68. The molecule has 90 valence electrons. The zero-order valence-corrected chi connectivity index (χ0v) is 10.3. The molecule has 0 N–H and O–H groups in total. The van der Waals surface area contributed by atoms with Gasteiger partial charge in [0.2, 0.25) is 5.78 Å². The van der Waals surface area contributed by atoms with E-state index in [9.17, 15) is 13.2 Å². The van der Waals surface area contributed by atoms with Crippen molar-refractivity contribution in [3.05, 3.63) is 24.2 Å². The Morgan fingerprint density at radius 2 is 2.19 bits per heavy atom. The Bertz CT molecular complexity index is 431. The summed E-state index contributed by atoms with van der Waals surface area (Å²) in [6.45, 7) is 3.78. The van der Waals surface area contributed by atoms with Gasteiger partial charge in [-0.3, -0.25) is 4.79 Å². The minimum atomic E-state index is -3.33. The van der Waals surface area contributed by atoms with E-state index in [2.05, 4.69) is 0 Å². The number of rotatable bonds is 6. The van der Waals surface area contributed by atoms with Crippen molar-refractivity contribution in [2.24, 2.45) is 5.92 Å². The minimum Gasteiger partial charge on any atom is -0.461 e. The molecule has 0 spiro atoms. The summed E-state index contributed by atoms with van der Waals surface area (Å²) in [5.41, 5.74) is 0. The molecular weight excluding hydrogens is 228 g/mol. The molecule has 1 aromatic heterocycles. The molecule has 1 unspecified atom stereocenters. The van der Waals surface area contributed by atoms with Crippen molar-refractivity contribution in [2.45, 2.75) is 20.3 Å². The summed E-state index contributed by atoms with van der Waals surface area (Å²) in [6, 6.07) is 3.04. The van der Waals surface area contributed by atoms with E-state index < -0.39 is 21.4 Å². The number of Topliss-reactive ketones (excluding diaryl/α,β-unsaturated/α-hetero) is 1. The summed E-state index contributed by atoms with van der Waals surface area (Å²) in [6.07, 6.45) is 2.14. The SMILES string of the molecule is CCC(C)CS(=O)(=O)CC(=O)c1ccco1. The molecule has 1 rings (SSSR count). The highest BCUT2D eigenvalue weighted by Gasteiger charge is 2.21. The van der Waals surface area contributed by atoms with Gasteiger partial charge >= 0.3 is 0 Å². The normalized spacial score (nSPS) is 13.6. The number of sulfone groups is 1. The number of hydrogen-bond acceptors (Lipinski definition) is 4. The number of hydrogen-bond donors (Lipinski definition) is 0. The lowest BCUT2D eigenvalue weighted by Gasteiger charge is -2.07. The van der Waals surface area contributed by atoms with Gasteiger partial charge in [0.25, 0.3) is 0 Å². The third-order valence-electron chi connectivity index (χ3n) is 2.38. The fourth-order valence-corrected chi connectivity index (χ4v) is 3.08. The van der Waals surface area contributed by atoms with Crippen LogP contribution < -0.4 is 0 Å². The largest absolute Gasteiger partial charge is 0.461 e. The molecule has 0 aliphatic heterocycles. The van der Waals surface area contributed by atoms with Crippen LogP contribution in [0.5, 0.6) is 0 Å². The second kappa shape index (κ2) is 5.30. The highest BCUT2D eigenvalue weighted by molar-refractivity contribution is 7.92. The van der Waals surface area contributed by atoms with Gasteiger partial charge in [-0.25, -0.2) is 8.42 Å². The smallest absolute Gasteiger partial charge is 0.212 e. The Labute approximate surface area is 95.6 Å². The maximum Gasteiger partial charge on any atom is 0.212 e. The number of carbonyl (C=O) groups is 1. The standard InChI is InChI=1S/C11H16O4S/c1-3-9(2)7-16(13,14)8-10(12)11-5-4-6-15-11/h4-6,9H,3,7-8H2,1-2H3. The van der Waals surface area contributed by atoms with E-state index >= 15 is 0 Å². The fourth-order valence-electron chi connectivity index (χ4n) is 1.32. The second-order valence-corrected chi connectivity index (χ2v) is 6.08. The molecule has 0 bridgehead atoms. The van der Waals surface area contributed by atoms with Crippen LogP contribution in [0.3, 0.4) is 0 Å². The molecule has 0 saturated carbocycles. The molecule has 5 heteroatoms.